The molecule has 8 heteroatoms. The van der Waals surface area contributed by atoms with Crippen LogP contribution >= 0.6 is 0 Å². The molecule has 142 valence electrons. The monoisotopic (exact) mass is 387 g/mol. The van der Waals surface area contributed by atoms with Crippen molar-refractivity contribution in [3.63, 3.8) is 0 Å². The third-order valence-electron chi connectivity index (χ3n) is 3.85. The highest BCUT2D eigenvalue weighted by Crippen LogP contribution is 2.14. The standard InChI is InChI=1S/C19H21N3O4S/c1-26-18-8-4-5-15(12-18)9-10-22(27(2,24)25)14-19(23)21-17-7-3-6-16(11-17)13-20/h3-8,11-12H,9-10,14H2,1-2H3,(H,21,23). The van der Waals surface area contributed by atoms with Crippen LogP contribution in [0.5, 0.6) is 5.75 Å². The first-order chi connectivity index (χ1) is 12.8. The fourth-order valence-corrected chi connectivity index (χ4v) is 3.25. The van der Waals surface area contributed by atoms with Gasteiger partial charge in [-0.2, -0.15) is 9.57 Å². The lowest BCUT2D eigenvalue weighted by Gasteiger charge is -2.19. The summed E-state index contributed by atoms with van der Waals surface area (Å²) in [4.78, 5) is 12.3. The minimum atomic E-state index is -3.56. The van der Waals surface area contributed by atoms with E-state index in [0.717, 1.165) is 16.1 Å². The van der Waals surface area contributed by atoms with Gasteiger partial charge >= 0.3 is 0 Å². The molecule has 0 aliphatic carbocycles. The minimum absolute atomic E-state index is 0.164. The Morgan fingerprint density at radius 1 is 1.22 bits per heavy atom. The quantitative estimate of drug-likeness (QED) is 0.747. The zero-order valence-corrected chi connectivity index (χ0v) is 16.0. The number of hydrogen-bond acceptors (Lipinski definition) is 5. The number of anilines is 1. The molecular weight excluding hydrogens is 366 g/mol. The third kappa shape index (κ3) is 6.40. The highest BCUT2D eigenvalue weighted by molar-refractivity contribution is 7.88. The summed E-state index contributed by atoms with van der Waals surface area (Å²) in [5.74, 6) is 0.217. The van der Waals surface area contributed by atoms with E-state index >= 15 is 0 Å². The first-order valence-electron chi connectivity index (χ1n) is 8.20. The second kappa shape index (κ2) is 9.16. The van der Waals surface area contributed by atoms with Crippen LogP contribution in [0.2, 0.25) is 0 Å². The maximum Gasteiger partial charge on any atom is 0.239 e. The lowest BCUT2D eigenvalue weighted by molar-refractivity contribution is -0.116. The highest BCUT2D eigenvalue weighted by Gasteiger charge is 2.20. The summed E-state index contributed by atoms with van der Waals surface area (Å²) in [5.41, 5.74) is 1.76. The van der Waals surface area contributed by atoms with E-state index in [2.05, 4.69) is 5.32 Å². The van der Waals surface area contributed by atoms with Crippen LogP contribution in [0.4, 0.5) is 5.69 Å². The molecule has 2 aromatic rings. The Labute approximate surface area is 159 Å². The van der Waals surface area contributed by atoms with Gasteiger partial charge in [0, 0.05) is 12.2 Å². The van der Waals surface area contributed by atoms with Gasteiger partial charge in [0.2, 0.25) is 15.9 Å². The summed E-state index contributed by atoms with van der Waals surface area (Å²) in [5, 5.41) is 11.5. The topological polar surface area (TPSA) is 99.5 Å². The van der Waals surface area contributed by atoms with Crippen molar-refractivity contribution in [2.24, 2.45) is 0 Å². The Morgan fingerprint density at radius 2 is 1.96 bits per heavy atom. The van der Waals surface area contributed by atoms with Crippen molar-refractivity contribution in [3.8, 4) is 11.8 Å². The number of sulfonamides is 1. The van der Waals surface area contributed by atoms with E-state index in [0.29, 0.717) is 23.4 Å². The summed E-state index contributed by atoms with van der Waals surface area (Å²) in [6.07, 6.45) is 1.52. The molecule has 0 aromatic heterocycles. The zero-order chi connectivity index (χ0) is 19.9. The number of hydrogen-bond donors (Lipinski definition) is 1. The van der Waals surface area contributed by atoms with Crippen molar-refractivity contribution in [3.05, 3.63) is 59.7 Å². The van der Waals surface area contributed by atoms with Crippen LogP contribution in [0.1, 0.15) is 11.1 Å². The molecule has 1 amide bonds. The Kier molecular flexibility index (Phi) is 6.93. The molecule has 0 fully saturated rings. The van der Waals surface area contributed by atoms with Crippen LogP contribution in [0, 0.1) is 11.3 Å². The first kappa shape index (κ1) is 20.4. The van der Waals surface area contributed by atoms with Crippen LogP contribution in [-0.4, -0.2) is 45.1 Å². The van der Waals surface area contributed by atoms with Crippen LogP contribution in [0.25, 0.3) is 0 Å². The minimum Gasteiger partial charge on any atom is -0.497 e. The molecule has 0 atom stereocenters. The van der Waals surface area contributed by atoms with Crippen molar-refractivity contribution in [1.82, 2.24) is 4.31 Å². The Bertz CT molecular complexity index is 951. The van der Waals surface area contributed by atoms with Crippen molar-refractivity contribution < 1.29 is 17.9 Å². The largest absolute Gasteiger partial charge is 0.497 e. The van der Waals surface area contributed by atoms with Gasteiger partial charge in [0.15, 0.2) is 0 Å². The maximum absolute atomic E-state index is 12.3. The number of nitrogens with one attached hydrogen (secondary N) is 1. The molecule has 0 aliphatic rings. The molecular formula is C19H21N3O4S. The molecule has 27 heavy (non-hydrogen) atoms. The summed E-state index contributed by atoms with van der Waals surface area (Å²) < 4.78 is 30.4. The van der Waals surface area contributed by atoms with E-state index in [9.17, 15) is 13.2 Å². The lowest BCUT2D eigenvalue weighted by Crippen LogP contribution is -2.38. The molecule has 0 saturated heterocycles. The predicted molar refractivity (Wildman–Crippen MR) is 103 cm³/mol. The first-order valence-corrected chi connectivity index (χ1v) is 10.0. The lowest BCUT2D eigenvalue weighted by atomic mass is 10.1. The molecule has 0 unspecified atom stereocenters. The number of carbonyl (C=O) groups excluding carboxylic acids is 1. The number of rotatable bonds is 8. The van der Waals surface area contributed by atoms with Gasteiger partial charge in [0.25, 0.3) is 0 Å². The van der Waals surface area contributed by atoms with Gasteiger partial charge in [-0.1, -0.05) is 18.2 Å². The smallest absolute Gasteiger partial charge is 0.239 e. The second-order valence-corrected chi connectivity index (χ2v) is 7.92. The van der Waals surface area contributed by atoms with Crippen LogP contribution < -0.4 is 10.1 Å². The number of nitrogens with zero attached hydrogens (tertiary/aromatic N) is 2. The highest BCUT2D eigenvalue weighted by atomic mass is 32.2. The SMILES string of the molecule is COc1cccc(CCN(CC(=O)Nc2cccc(C#N)c2)S(C)(=O)=O)c1. The van der Waals surface area contributed by atoms with Crippen molar-refractivity contribution in [2.75, 3.05) is 31.8 Å². The fourth-order valence-electron chi connectivity index (χ4n) is 2.47. The van der Waals surface area contributed by atoms with Gasteiger partial charge in [-0.3, -0.25) is 4.79 Å². The average Bonchev–Trinajstić information content (AvgIpc) is 2.64. The normalized spacial score (nSPS) is 11.0. The Hall–Kier alpha value is -2.89. The van der Waals surface area contributed by atoms with Gasteiger partial charge in [-0.25, -0.2) is 8.42 Å². The van der Waals surface area contributed by atoms with Crippen molar-refractivity contribution >= 4 is 21.6 Å². The van der Waals surface area contributed by atoms with Gasteiger partial charge < -0.3 is 10.1 Å². The fraction of sp³-hybridized carbons (Fsp3) is 0.263. The predicted octanol–water partition coefficient (Wildman–Crippen LogP) is 2.01. The molecule has 2 rings (SSSR count). The molecule has 0 bridgehead atoms. The van der Waals surface area contributed by atoms with Crippen molar-refractivity contribution in [2.45, 2.75) is 6.42 Å². The van der Waals surface area contributed by atoms with Gasteiger partial charge in [-0.05, 0) is 42.3 Å². The van der Waals surface area contributed by atoms with Crippen molar-refractivity contribution in [1.29, 1.82) is 5.26 Å². The molecule has 0 heterocycles. The molecule has 2 aromatic carbocycles. The van der Waals surface area contributed by atoms with E-state index in [-0.39, 0.29) is 13.1 Å². The number of carbonyl (C=O) groups is 1. The molecule has 0 radical (unpaired) electrons. The van der Waals surface area contributed by atoms with E-state index in [1.165, 1.54) is 6.07 Å². The number of methoxy groups -OCH3 is 1. The van der Waals surface area contributed by atoms with E-state index in [4.69, 9.17) is 10.00 Å². The maximum atomic E-state index is 12.3. The average molecular weight is 387 g/mol. The van der Waals surface area contributed by atoms with E-state index < -0.39 is 15.9 Å². The van der Waals surface area contributed by atoms with Gasteiger partial charge in [-0.15, -0.1) is 0 Å². The zero-order valence-electron chi connectivity index (χ0n) is 15.2. The Balaban J connectivity index is 2.03. The molecule has 0 saturated carbocycles. The molecule has 0 spiro atoms. The van der Waals surface area contributed by atoms with Crippen LogP contribution in [-0.2, 0) is 21.2 Å². The number of amides is 1. The number of ether oxygens (including phenoxy) is 1. The summed E-state index contributed by atoms with van der Waals surface area (Å²) >= 11 is 0. The molecule has 1 N–H and O–H groups in total. The van der Waals surface area contributed by atoms with Gasteiger partial charge in [0.1, 0.15) is 5.75 Å². The summed E-state index contributed by atoms with van der Waals surface area (Å²) in [7, 11) is -2.00. The third-order valence-corrected chi connectivity index (χ3v) is 5.10. The second-order valence-electron chi connectivity index (χ2n) is 5.94. The summed E-state index contributed by atoms with van der Waals surface area (Å²) in [6.45, 7) is -0.142. The Morgan fingerprint density at radius 3 is 2.63 bits per heavy atom. The van der Waals surface area contributed by atoms with E-state index in [1.54, 1.807) is 31.4 Å². The summed E-state index contributed by atoms with van der Waals surface area (Å²) in [6, 6.07) is 15.7. The molecule has 0 aliphatic heterocycles. The van der Waals surface area contributed by atoms with Crippen LogP contribution in [0.3, 0.4) is 0 Å². The molecule has 7 nitrogen and oxygen atoms in total. The van der Waals surface area contributed by atoms with Gasteiger partial charge in [0.05, 0.1) is 31.5 Å². The van der Waals surface area contributed by atoms with E-state index in [1.807, 2.05) is 24.3 Å². The number of nitriles is 1. The van der Waals surface area contributed by atoms with Crippen LogP contribution in [0.15, 0.2) is 48.5 Å². The number of benzene rings is 2.